The van der Waals surface area contributed by atoms with E-state index in [1.165, 1.54) is 23.5 Å². The molecular weight excluding hydrogens is 283 g/mol. The summed E-state index contributed by atoms with van der Waals surface area (Å²) >= 11 is 11.6. The van der Waals surface area contributed by atoms with Crippen LogP contribution >= 0.6 is 23.2 Å². The lowest BCUT2D eigenvalue weighted by Gasteiger charge is -2.22. The topological polar surface area (TPSA) is 63.4 Å². The maximum Gasteiger partial charge on any atom is 0.246 e. The smallest absolute Gasteiger partial charge is 0.246 e. The predicted molar refractivity (Wildman–Crippen MR) is 71.0 cm³/mol. The lowest BCUT2D eigenvalue weighted by atomic mass is 10.3. The molecule has 0 aliphatic rings. The molecule has 1 rings (SSSR count). The van der Waals surface area contributed by atoms with Crippen molar-refractivity contribution < 1.29 is 8.42 Å². The molecule has 0 radical (unpaired) electrons. The van der Waals surface area contributed by atoms with E-state index in [4.69, 9.17) is 28.9 Å². The van der Waals surface area contributed by atoms with Gasteiger partial charge in [0.1, 0.15) is 4.90 Å². The highest BCUT2D eigenvalue weighted by Crippen LogP contribution is 2.33. The Kier molecular flexibility index (Phi) is 4.30. The Hall–Kier alpha value is -0.490. The lowest BCUT2D eigenvalue weighted by molar-refractivity contribution is 0.411. The van der Waals surface area contributed by atoms with E-state index in [-0.39, 0.29) is 21.6 Å². The number of nitrogens with zero attached hydrogens (tertiary/aromatic N) is 1. The van der Waals surface area contributed by atoms with Gasteiger partial charge in [0.2, 0.25) is 10.0 Å². The molecule has 7 heteroatoms. The molecule has 0 aliphatic heterocycles. The van der Waals surface area contributed by atoms with Gasteiger partial charge in [-0.3, -0.25) is 0 Å². The van der Waals surface area contributed by atoms with Crippen LogP contribution in [0.4, 0.5) is 5.69 Å². The SMILES string of the molecule is CC(C)N(C)S(=O)(=O)c1c(N)cc(Cl)cc1Cl. The summed E-state index contributed by atoms with van der Waals surface area (Å²) in [6.07, 6.45) is 0. The number of nitrogens with two attached hydrogens (primary N) is 1. The van der Waals surface area contributed by atoms with Crippen LogP contribution in [0.2, 0.25) is 10.0 Å². The van der Waals surface area contributed by atoms with Gasteiger partial charge in [-0.05, 0) is 26.0 Å². The number of halogens is 2. The second-order valence-electron chi connectivity index (χ2n) is 3.92. The average Bonchev–Trinajstić information content (AvgIpc) is 2.13. The Balaban J connectivity index is 3.45. The molecule has 1 aromatic carbocycles. The number of sulfonamides is 1. The molecule has 0 unspecified atom stereocenters. The fourth-order valence-corrected chi connectivity index (χ4v) is 3.58. The van der Waals surface area contributed by atoms with Crippen LogP contribution in [0.25, 0.3) is 0 Å². The molecule has 0 heterocycles. The van der Waals surface area contributed by atoms with Gasteiger partial charge < -0.3 is 5.73 Å². The molecule has 0 saturated heterocycles. The first-order chi connectivity index (χ1) is 7.67. The third-order valence-electron chi connectivity index (χ3n) is 2.40. The highest BCUT2D eigenvalue weighted by Gasteiger charge is 2.28. The van der Waals surface area contributed by atoms with Crippen molar-refractivity contribution in [1.29, 1.82) is 0 Å². The maximum atomic E-state index is 12.2. The highest BCUT2D eigenvalue weighted by molar-refractivity contribution is 7.89. The van der Waals surface area contributed by atoms with Crippen LogP contribution in [-0.2, 0) is 10.0 Å². The maximum absolute atomic E-state index is 12.2. The van der Waals surface area contributed by atoms with Crippen molar-refractivity contribution >= 4 is 38.9 Å². The van der Waals surface area contributed by atoms with Gasteiger partial charge in [0.15, 0.2) is 0 Å². The average molecular weight is 297 g/mol. The molecule has 0 atom stereocenters. The third kappa shape index (κ3) is 2.85. The van der Waals surface area contributed by atoms with Gasteiger partial charge in [-0.2, -0.15) is 4.31 Å². The molecule has 0 bridgehead atoms. The van der Waals surface area contributed by atoms with Crippen LogP contribution in [0, 0.1) is 0 Å². The van der Waals surface area contributed by atoms with Crippen molar-refractivity contribution in [2.24, 2.45) is 0 Å². The molecule has 0 aromatic heterocycles. The summed E-state index contributed by atoms with van der Waals surface area (Å²) in [7, 11) is -2.22. The number of benzene rings is 1. The second-order valence-corrected chi connectivity index (χ2v) is 6.70. The number of hydrogen-bond donors (Lipinski definition) is 1. The molecular formula is C10H14Cl2N2O2S. The Bertz CT molecular complexity index is 506. The summed E-state index contributed by atoms with van der Waals surface area (Å²) in [5.74, 6) is 0. The molecule has 2 N–H and O–H groups in total. The molecule has 0 amide bonds. The Morgan fingerprint density at radius 2 is 1.82 bits per heavy atom. The predicted octanol–water partition coefficient (Wildman–Crippen LogP) is 2.60. The van der Waals surface area contributed by atoms with Gasteiger partial charge in [-0.15, -0.1) is 0 Å². The summed E-state index contributed by atoms with van der Waals surface area (Å²) in [6.45, 7) is 3.52. The Morgan fingerprint density at radius 3 is 2.24 bits per heavy atom. The zero-order chi connectivity index (χ0) is 13.4. The molecule has 0 fully saturated rings. The largest absolute Gasteiger partial charge is 0.398 e. The van der Waals surface area contributed by atoms with Crippen molar-refractivity contribution in [3.63, 3.8) is 0 Å². The van der Waals surface area contributed by atoms with E-state index in [0.29, 0.717) is 5.02 Å². The Morgan fingerprint density at radius 1 is 1.29 bits per heavy atom. The van der Waals surface area contributed by atoms with Crippen molar-refractivity contribution in [3.8, 4) is 0 Å². The van der Waals surface area contributed by atoms with Crippen LogP contribution in [-0.4, -0.2) is 25.8 Å². The number of hydrogen-bond acceptors (Lipinski definition) is 3. The first-order valence-electron chi connectivity index (χ1n) is 4.90. The molecule has 17 heavy (non-hydrogen) atoms. The number of nitrogen functional groups attached to an aromatic ring is 1. The monoisotopic (exact) mass is 296 g/mol. The summed E-state index contributed by atoms with van der Waals surface area (Å²) in [5.41, 5.74) is 5.72. The molecule has 0 saturated carbocycles. The third-order valence-corrected chi connectivity index (χ3v) is 5.18. The number of anilines is 1. The van der Waals surface area contributed by atoms with E-state index in [2.05, 4.69) is 0 Å². The van der Waals surface area contributed by atoms with Crippen LogP contribution in [0.1, 0.15) is 13.8 Å². The molecule has 0 aliphatic carbocycles. The molecule has 1 aromatic rings. The normalized spacial score (nSPS) is 12.4. The standard InChI is InChI=1S/C10H14Cl2N2O2S/c1-6(2)14(3)17(15,16)10-8(12)4-7(11)5-9(10)13/h4-6H,13H2,1-3H3. The summed E-state index contributed by atoms with van der Waals surface area (Å²) < 4.78 is 25.7. The van der Waals surface area contributed by atoms with Gasteiger partial charge in [0.25, 0.3) is 0 Å². The van der Waals surface area contributed by atoms with Crippen molar-refractivity contribution in [2.75, 3.05) is 12.8 Å². The summed E-state index contributed by atoms with van der Waals surface area (Å²) in [4.78, 5) is -0.0974. The minimum Gasteiger partial charge on any atom is -0.398 e. The van der Waals surface area contributed by atoms with E-state index in [1.807, 2.05) is 0 Å². The van der Waals surface area contributed by atoms with E-state index < -0.39 is 10.0 Å². The fraction of sp³-hybridized carbons (Fsp3) is 0.400. The molecule has 0 spiro atoms. The van der Waals surface area contributed by atoms with E-state index in [1.54, 1.807) is 13.8 Å². The second kappa shape index (κ2) is 5.02. The van der Waals surface area contributed by atoms with Crippen molar-refractivity contribution in [3.05, 3.63) is 22.2 Å². The minimum atomic E-state index is -3.70. The lowest BCUT2D eigenvalue weighted by Crippen LogP contribution is -2.33. The van der Waals surface area contributed by atoms with Crippen molar-refractivity contribution in [2.45, 2.75) is 24.8 Å². The van der Waals surface area contributed by atoms with Crippen LogP contribution < -0.4 is 5.73 Å². The van der Waals surface area contributed by atoms with E-state index in [9.17, 15) is 8.42 Å². The summed E-state index contributed by atoms with van der Waals surface area (Å²) in [6, 6.07) is 2.54. The van der Waals surface area contributed by atoms with E-state index >= 15 is 0 Å². The number of rotatable bonds is 3. The van der Waals surface area contributed by atoms with Crippen molar-refractivity contribution in [1.82, 2.24) is 4.31 Å². The fourth-order valence-electron chi connectivity index (χ4n) is 1.27. The quantitative estimate of drug-likeness (QED) is 0.872. The first kappa shape index (κ1) is 14.6. The summed E-state index contributed by atoms with van der Waals surface area (Å²) in [5, 5.41) is 0.334. The highest BCUT2D eigenvalue weighted by atomic mass is 35.5. The van der Waals surface area contributed by atoms with Gasteiger partial charge in [-0.25, -0.2) is 8.42 Å². The van der Waals surface area contributed by atoms with Crippen LogP contribution in [0.5, 0.6) is 0 Å². The van der Waals surface area contributed by atoms with Gasteiger partial charge in [-0.1, -0.05) is 23.2 Å². The zero-order valence-electron chi connectivity index (χ0n) is 9.74. The van der Waals surface area contributed by atoms with E-state index in [0.717, 1.165) is 0 Å². The molecule has 96 valence electrons. The van der Waals surface area contributed by atoms with Gasteiger partial charge in [0.05, 0.1) is 10.7 Å². The van der Waals surface area contributed by atoms with Crippen LogP contribution in [0.15, 0.2) is 17.0 Å². The van der Waals surface area contributed by atoms with Crippen LogP contribution in [0.3, 0.4) is 0 Å². The van der Waals surface area contributed by atoms with Gasteiger partial charge >= 0.3 is 0 Å². The minimum absolute atomic E-state index is 0.0301. The Labute approximate surface area is 111 Å². The van der Waals surface area contributed by atoms with Gasteiger partial charge in [0, 0.05) is 18.1 Å². The first-order valence-corrected chi connectivity index (χ1v) is 7.10. The molecule has 4 nitrogen and oxygen atoms in total. The zero-order valence-corrected chi connectivity index (χ0v) is 12.1.